The highest BCUT2D eigenvalue weighted by Crippen LogP contribution is 2.41. The highest BCUT2D eigenvalue weighted by molar-refractivity contribution is 6.10. The number of nitrogens with zero attached hydrogens (tertiary/aromatic N) is 2. The minimum Gasteiger partial charge on any atom is -0.450 e. The lowest BCUT2D eigenvalue weighted by atomic mass is 9.95. The normalized spacial score (nSPS) is 15.5. The van der Waals surface area contributed by atoms with Crippen molar-refractivity contribution in [3.63, 3.8) is 0 Å². The molecule has 0 N–H and O–H groups in total. The van der Waals surface area contributed by atoms with E-state index < -0.39 is 6.04 Å². The number of carbonyl (C=O) groups is 1. The fourth-order valence-corrected chi connectivity index (χ4v) is 4.49. The van der Waals surface area contributed by atoms with Crippen LogP contribution in [0, 0.1) is 20.8 Å². The number of pyridine rings is 1. The molecule has 0 aliphatic carbocycles. The average Bonchev–Trinajstić information content (AvgIpc) is 3.08. The molecular formula is C28H26N2O3. The predicted molar refractivity (Wildman–Crippen MR) is 130 cm³/mol. The van der Waals surface area contributed by atoms with Gasteiger partial charge in [-0.15, -0.1) is 0 Å². The third-order valence-corrected chi connectivity index (χ3v) is 6.55. The molecule has 3 heterocycles. The van der Waals surface area contributed by atoms with Crippen LogP contribution in [-0.2, 0) is 0 Å². The Balaban J connectivity index is 1.80. The van der Waals surface area contributed by atoms with Gasteiger partial charge in [-0.25, -0.2) is 4.98 Å². The van der Waals surface area contributed by atoms with Crippen molar-refractivity contribution >= 4 is 22.7 Å². The summed E-state index contributed by atoms with van der Waals surface area (Å²) in [6.07, 6.45) is 1.68. The second kappa shape index (κ2) is 7.69. The van der Waals surface area contributed by atoms with Gasteiger partial charge in [0.05, 0.1) is 17.0 Å². The highest BCUT2D eigenvalue weighted by atomic mass is 16.3. The van der Waals surface area contributed by atoms with Gasteiger partial charge in [0.2, 0.25) is 5.76 Å². The van der Waals surface area contributed by atoms with Crippen LogP contribution in [0.4, 0.5) is 5.82 Å². The summed E-state index contributed by atoms with van der Waals surface area (Å²) in [5, 5.41) is 0.493. The molecule has 2 aromatic heterocycles. The summed E-state index contributed by atoms with van der Waals surface area (Å²) in [6, 6.07) is 14.9. The standard InChI is InChI=1S/C28H26N2O3/c1-15(2)19-6-8-20(9-7-19)25-24-26(31)21-13-17(4)18(5)14-22(21)33-27(24)28(32)30(25)23-12-16(3)10-11-29-23/h6-15,25H,1-5H3. The molecule has 4 aromatic rings. The van der Waals surface area contributed by atoms with Crippen molar-refractivity contribution in [2.45, 2.75) is 46.6 Å². The van der Waals surface area contributed by atoms with E-state index in [1.165, 1.54) is 5.56 Å². The third kappa shape index (κ3) is 3.35. The molecule has 0 saturated carbocycles. The van der Waals surface area contributed by atoms with Gasteiger partial charge in [-0.3, -0.25) is 14.5 Å². The fraction of sp³-hybridized carbons (Fsp3) is 0.250. The van der Waals surface area contributed by atoms with E-state index in [1.54, 1.807) is 11.1 Å². The number of amides is 1. The van der Waals surface area contributed by atoms with Crippen molar-refractivity contribution in [1.82, 2.24) is 4.98 Å². The number of aromatic nitrogens is 1. The van der Waals surface area contributed by atoms with Crippen molar-refractivity contribution in [2.24, 2.45) is 0 Å². The maximum Gasteiger partial charge on any atom is 0.296 e. The number of benzene rings is 2. The lowest BCUT2D eigenvalue weighted by Gasteiger charge is -2.24. The molecule has 0 radical (unpaired) electrons. The highest BCUT2D eigenvalue weighted by Gasteiger charge is 2.44. The molecule has 1 aliphatic heterocycles. The molecule has 1 atom stereocenters. The molecule has 5 heteroatoms. The molecule has 1 amide bonds. The van der Waals surface area contributed by atoms with Gasteiger partial charge in [-0.2, -0.15) is 0 Å². The van der Waals surface area contributed by atoms with Gasteiger partial charge in [0.1, 0.15) is 11.4 Å². The zero-order chi connectivity index (χ0) is 23.4. The topological polar surface area (TPSA) is 63.4 Å². The Morgan fingerprint density at radius 1 is 0.939 bits per heavy atom. The van der Waals surface area contributed by atoms with Crippen LogP contribution < -0.4 is 10.3 Å². The quantitative estimate of drug-likeness (QED) is 0.394. The van der Waals surface area contributed by atoms with Gasteiger partial charge in [-0.05, 0) is 78.8 Å². The molecule has 166 valence electrons. The molecule has 2 aromatic carbocycles. The Morgan fingerprint density at radius 2 is 1.64 bits per heavy atom. The van der Waals surface area contributed by atoms with Crippen molar-refractivity contribution in [3.8, 4) is 0 Å². The van der Waals surface area contributed by atoms with Crippen LogP contribution in [-0.4, -0.2) is 10.9 Å². The van der Waals surface area contributed by atoms with Crippen LogP contribution in [0.3, 0.4) is 0 Å². The van der Waals surface area contributed by atoms with Gasteiger partial charge in [0, 0.05) is 6.20 Å². The fourth-order valence-electron chi connectivity index (χ4n) is 4.49. The van der Waals surface area contributed by atoms with Crippen LogP contribution in [0.2, 0.25) is 0 Å². The first-order valence-corrected chi connectivity index (χ1v) is 11.2. The minimum absolute atomic E-state index is 0.0944. The number of aryl methyl sites for hydroxylation is 3. The molecule has 0 spiro atoms. The smallest absolute Gasteiger partial charge is 0.296 e. The number of hydrogen-bond acceptors (Lipinski definition) is 4. The van der Waals surface area contributed by atoms with E-state index in [4.69, 9.17) is 4.42 Å². The molecular weight excluding hydrogens is 412 g/mol. The van der Waals surface area contributed by atoms with E-state index >= 15 is 0 Å². The van der Waals surface area contributed by atoms with Crippen molar-refractivity contribution < 1.29 is 9.21 Å². The van der Waals surface area contributed by atoms with Gasteiger partial charge in [0.25, 0.3) is 5.91 Å². The predicted octanol–water partition coefficient (Wildman–Crippen LogP) is 5.99. The van der Waals surface area contributed by atoms with Crippen LogP contribution >= 0.6 is 0 Å². The molecule has 0 saturated heterocycles. The summed E-state index contributed by atoms with van der Waals surface area (Å²) in [5.74, 6) is 0.627. The lowest BCUT2D eigenvalue weighted by molar-refractivity contribution is 0.0970. The van der Waals surface area contributed by atoms with E-state index in [0.717, 1.165) is 22.3 Å². The molecule has 5 rings (SSSR count). The van der Waals surface area contributed by atoms with Crippen molar-refractivity contribution in [3.05, 3.63) is 104 Å². The Bertz CT molecular complexity index is 1470. The number of carbonyl (C=O) groups excluding carboxylic acids is 1. The average molecular weight is 439 g/mol. The summed E-state index contributed by atoms with van der Waals surface area (Å²) in [5.41, 5.74) is 5.68. The van der Waals surface area contributed by atoms with Gasteiger partial charge < -0.3 is 4.42 Å². The molecule has 0 bridgehead atoms. The second-order valence-electron chi connectivity index (χ2n) is 9.20. The Morgan fingerprint density at radius 3 is 2.30 bits per heavy atom. The monoisotopic (exact) mass is 438 g/mol. The van der Waals surface area contributed by atoms with E-state index in [-0.39, 0.29) is 17.1 Å². The summed E-state index contributed by atoms with van der Waals surface area (Å²) in [4.78, 5) is 33.5. The molecule has 5 nitrogen and oxygen atoms in total. The Hall–Kier alpha value is -3.73. The van der Waals surface area contributed by atoms with Crippen LogP contribution in [0.25, 0.3) is 11.0 Å². The van der Waals surface area contributed by atoms with Crippen molar-refractivity contribution in [2.75, 3.05) is 4.90 Å². The van der Waals surface area contributed by atoms with Gasteiger partial charge in [0.15, 0.2) is 5.43 Å². The number of fused-ring (bicyclic) bond motifs is 2. The maximum atomic E-state index is 13.8. The number of hydrogen-bond donors (Lipinski definition) is 0. The number of anilines is 1. The van der Waals surface area contributed by atoms with Crippen LogP contribution in [0.15, 0.2) is 63.9 Å². The maximum absolute atomic E-state index is 13.8. The Kier molecular flexibility index (Phi) is 4.93. The summed E-state index contributed by atoms with van der Waals surface area (Å²) in [6.45, 7) is 10.2. The first kappa shape index (κ1) is 21.1. The largest absolute Gasteiger partial charge is 0.450 e. The number of rotatable bonds is 3. The van der Waals surface area contributed by atoms with E-state index in [2.05, 4.69) is 31.0 Å². The zero-order valence-electron chi connectivity index (χ0n) is 19.5. The van der Waals surface area contributed by atoms with E-state index in [9.17, 15) is 9.59 Å². The Labute approximate surface area is 192 Å². The summed E-state index contributed by atoms with van der Waals surface area (Å²) < 4.78 is 6.11. The van der Waals surface area contributed by atoms with Gasteiger partial charge >= 0.3 is 0 Å². The second-order valence-corrected chi connectivity index (χ2v) is 9.20. The van der Waals surface area contributed by atoms with Crippen molar-refractivity contribution in [1.29, 1.82) is 0 Å². The SMILES string of the molecule is Cc1ccnc(N2C(=O)c3oc4cc(C)c(C)cc4c(=O)c3C2c2ccc(C(C)C)cc2)c1. The summed E-state index contributed by atoms with van der Waals surface area (Å²) in [7, 11) is 0. The zero-order valence-corrected chi connectivity index (χ0v) is 19.5. The molecule has 0 fully saturated rings. The minimum atomic E-state index is -0.606. The lowest BCUT2D eigenvalue weighted by Crippen LogP contribution is -2.30. The molecule has 33 heavy (non-hydrogen) atoms. The first-order chi connectivity index (χ1) is 15.8. The summed E-state index contributed by atoms with van der Waals surface area (Å²) >= 11 is 0. The van der Waals surface area contributed by atoms with Gasteiger partial charge in [-0.1, -0.05) is 38.1 Å². The van der Waals surface area contributed by atoms with Crippen LogP contribution in [0.5, 0.6) is 0 Å². The van der Waals surface area contributed by atoms with E-state index in [0.29, 0.717) is 28.3 Å². The molecule has 1 aliphatic rings. The van der Waals surface area contributed by atoms with E-state index in [1.807, 2.05) is 57.2 Å². The van der Waals surface area contributed by atoms with Crippen LogP contribution in [0.1, 0.15) is 69.7 Å². The first-order valence-electron chi connectivity index (χ1n) is 11.2. The molecule has 1 unspecified atom stereocenters. The third-order valence-electron chi connectivity index (χ3n) is 6.55.